The van der Waals surface area contributed by atoms with Gasteiger partial charge in [0.2, 0.25) is 5.91 Å². The number of phenolic OH excluding ortho intramolecular Hbond substituents is 1. The fraction of sp³-hybridized carbons (Fsp3) is 0.105. The highest BCUT2D eigenvalue weighted by atomic mass is 19.1. The molecule has 0 aliphatic heterocycles. The maximum absolute atomic E-state index is 13.6. The van der Waals surface area contributed by atoms with Crippen LogP contribution in [0.15, 0.2) is 60.7 Å². The van der Waals surface area contributed by atoms with Gasteiger partial charge in [0.05, 0.1) is 6.04 Å². The molecule has 0 bridgehead atoms. The molecule has 4 heteroatoms. The van der Waals surface area contributed by atoms with Gasteiger partial charge in [0.25, 0.3) is 0 Å². The highest BCUT2D eigenvalue weighted by molar-refractivity contribution is 5.89. The molecule has 1 atom stereocenters. The topological polar surface area (TPSA) is 49.3 Å². The van der Waals surface area contributed by atoms with Crippen molar-refractivity contribution in [3.63, 3.8) is 0 Å². The van der Waals surface area contributed by atoms with E-state index in [4.69, 9.17) is 0 Å². The zero-order chi connectivity index (χ0) is 16.4. The normalized spacial score (nSPS) is 12.1. The van der Waals surface area contributed by atoms with Crippen LogP contribution in [0.3, 0.4) is 0 Å². The number of hydrogen-bond donors (Lipinski definition) is 2. The van der Waals surface area contributed by atoms with Gasteiger partial charge in [-0.2, -0.15) is 0 Å². The number of hydrogen-bond acceptors (Lipinski definition) is 2. The lowest BCUT2D eigenvalue weighted by atomic mass is 9.92. The van der Waals surface area contributed by atoms with E-state index in [0.29, 0.717) is 11.1 Å². The van der Waals surface area contributed by atoms with Crippen LogP contribution < -0.4 is 5.32 Å². The van der Waals surface area contributed by atoms with Crippen LogP contribution in [0.2, 0.25) is 0 Å². The van der Waals surface area contributed by atoms with Crippen molar-refractivity contribution >= 4 is 16.7 Å². The second kappa shape index (κ2) is 6.08. The van der Waals surface area contributed by atoms with Gasteiger partial charge in [-0.05, 0) is 34.5 Å². The SMILES string of the molecule is CC(=O)NC(c1cccc(F)c1)c1c(O)ccc2ccccc12. The number of nitrogens with one attached hydrogen (secondary N) is 1. The number of aromatic hydroxyl groups is 1. The van der Waals surface area contributed by atoms with Crippen molar-refractivity contribution < 1.29 is 14.3 Å². The summed E-state index contributed by atoms with van der Waals surface area (Å²) in [5.41, 5.74) is 1.13. The van der Waals surface area contributed by atoms with Crippen molar-refractivity contribution in [3.05, 3.63) is 77.6 Å². The second-order valence-electron chi connectivity index (χ2n) is 5.41. The Morgan fingerprint density at radius 1 is 1.09 bits per heavy atom. The fourth-order valence-corrected chi connectivity index (χ4v) is 2.80. The number of rotatable bonds is 3. The summed E-state index contributed by atoms with van der Waals surface area (Å²) >= 11 is 0. The molecule has 0 saturated heterocycles. The first-order valence-electron chi connectivity index (χ1n) is 7.29. The number of halogens is 1. The van der Waals surface area contributed by atoms with Gasteiger partial charge in [0, 0.05) is 12.5 Å². The molecule has 0 fully saturated rings. The van der Waals surface area contributed by atoms with Crippen molar-refractivity contribution in [2.45, 2.75) is 13.0 Å². The van der Waals surface area contributed by atoms with E-state index in [1.807, 2.05) is 30.3 Å². The maximum atomic E-state index is 13.6. The smallest absolute Gasteiger partial charge is 0.217 e. The summed E-state index contributed by atoms with van der Waals surface area (Å²) in [5, 5.41) is 14.9. The predicted molar refractivity (Wildman–Crippen MR) is 87.7 cm³/mol. The van der Waals surface area contributed by atoms with Crippen LogP contribution in [0.5, 0.6) is 5.75 Å². The highest BCUT2D eigenvalue weighted by Gasteiger charge is 2.21. The number of carbonyl (C=O) groups is 1. The molecule has 3 nitrogen and oxygen atoms in total. The van der Waals surface area contributed by atoms with Crippen LogP contribution in [0, 0.1) is 5.82 Å². The van der Waals surface area contributed by atoms with Gasteiger partial charge in [0.1, 0.15) is 11.6 Å². The summed E-state index contributed by atoms with van der Waals surface area (Å²) in [6.07, 6.45) is 0. The zero-order valence-corrected chi connectivity index (χ0v) is 12.6. The van der Waals surface area contributed by atoms with Crippen LogP contribution >= 0.6 is 0 Å². The average Bonchev–Trinajstić information content (AvgIpc) is 2.53. The van der Waals surface area contributed by atoms with E-state index in [-0.39, 0.29) is 11.7 Å². The minimum absolute atomic E-state index is 0.0618. The quantitative estimate of drug-likeness (QED) is 0.770. The molecule has 1 amide bonds. The van der Waals surface area contributed by atoms with E-state index < -0.39 is 11.9 Å². The van der Waals surface area contributed by atoms with Gasteiger partial charge < -0.3 is 10.4 Å². The molecule has 3 aromatic rings. The molecule has 0 aliphatic rings. The molecule has 0 aromatic heterocycles. The van der Waals surface area contributed by atoms with Crippen LogP contribution in [-0.4, -0.2) is 11.0 Å². The molecule has 0 aliphatic carbocycles. The van der Waals surface area contributed by atoms with Crippen molar-refractivity contribution in [2.75, 3.05) is 0 Å². The lowest BCUT2D eigenvalue weighted by molar-refractivity contribution is -0.119. The number of phenols is 1. The zero-order valence-electron chi connectivity index (χ0n) is 12.6. The van der Waals surface area contributed by atoms with E-state index >= 15 is 0 Å². The van der Waals surface area contributed by atoms with E-state index in [1.54, 1.807) is 18.2 Å². The molecule has 116 valence electrons. The first-order valence-corrected chi connectivity index (χ1v) is 7.29. The Morgan fingerprint density at radius 2 is 1.87 bits per heavy atom. The van der Waals surface area contributed by atoms with Crippen LogP contribution in [0.4, 0.5) is 4.39 Å². The minimum atomic E-state index is -0.630. The Hall–Kier alpha value is -2.88. The van der Waals surface area contributed by atoms with E-state index in [9.17, 15) is 14.3 Å². The van der Waals surface area contributed by atoms with Crippen LogP contribution in [-0.2, 0) is 4.79 Å². The molecule has 0 radical (unpaired) electrons. The number of amides is 1. The van der Waals surface area contributed by atoms with Crippen molar-refractivity contribution in [3.8, 4) is 5.75 Å². The van der Waals surface area contributed by atoms with Gasteiger partial charge in [-0.3, -0.25) is 4.79 Å². The maximum Gasteiger partial charge on any atom is 0.217 e. The third-order valence-electron chi connectivity index (χ3n) is 3.77. The highest BCUT2D eigenvalue weighted by Crippen LogP contribution is 2.35. The molecular formula is C19H16FNO2. The van der Waals surface area contributed by atoms with Crippen LogP contribution in [0.1, 0.15) is 24.1 Å². The Morgan fingerprint density at radius 3 is 2.61 bits per heavy atom. The predicted octanol–water partition coefficient (Wildman–Crippen LogP) is 3.91. The third-order valence-corrected chi connectivity index (χ3v) is 3.77. The lowest BCUT2D eigenvalue weighted by Gasteiger charge is -2.22. The third kappa shape index (κ3) is 3.01. The fourth-order valence-electron chi connectivity index (χ4n) is 2.80. The van der Waals surface area contributed by atoms with Gasteiger partial charge >= 0.3 is 0 Å². The Kier molecular flexibility index (Phi) is 3.98. The van der Waals surface area contributed by atoms with Crippen molar-refractivity contribution in [2.24, 2.45) is 0 Å². The largest absolute Gasteiger partial charge is 0.508 e. The molecule has 3 rings (SSSR count). The Bertz CT molecular complexity index is 876. The first kappa shape index (κ1) is 15.0. The number of fused-ring (bicyclic) bond motifs is 1. The minimum Gasteiger partial charge on any atom is -0.508 e. The lowest BCUT2D eigenvalue weighted by Crippen LogP contribution is -2.27. The Balaban J connectivity index is 2.25. The van der Waals surface area contributed by atoms with Gasteiger partial charge in [-0.25, -0.2) is 4.39 Å². The molecule has 0 saturated carbocycles. The number of carbonyl (C=O) groups excluding carboxylic acids is 1. The first-order chi connectivity index (χ1) is 11.1. The summed E-state index contributed by atoms with van der Waals surface area (Å²) in [6.45, 7) is 1.40. The monoisotopic (exact) mass is 309 g/mol. The van der Waals surface area contributed by atoms with E-state index in [1.165, 1.54) is 19.1 Å². The number of benzene rings is 3. The van der Waals surface area contributed by atoms with Crippen molar-refractivity contribution in [1.82, 2.24) is 5.32 Å². The average molecular weight is 309 g/mol. The van der Waals surface area contributed by atoms with Crippen LogP contribution in [0.25, 0.3) is 10.8 Å². The van der Waals surface area contributed by atoms with Gasteiger partial charge in [-0.1, -0.05) is 42.5 Å². The van der Waals surface area contributed by atoms with Crippen molar-refractivity contribution in [1.29, 1.82) is 0 Å². The second-order valence-corrected chi connectivity index (χ2v) is 5.41. The van der Waals surface area contributed by atoms with E-state index in [2.05, 4.69) is 5.32 Å². The summed E-state index contributed by atoms with van der Waals surface area (Å²) in [7, 11) is 0. The molecule has 0 heterocycles. The van der Waals surface area contributed by atoms with Gasteiger partial charge in [0.15, 0.2) is 0 Å². The molecule has 1 unspecified atom stereocenters. The molecule has 0 spiro atoms. The summed E-state index contributed by atoms with van der Waals surface area (Å²) in [4.78, 5) is 11.6. The Labute approximate surface area is 133 Å². The van der Waals surface area contributed by atoms with Gasteiger partial charge in [-0.15, -0.1) is 0 Å². The standard InChI is InChI=1S/C19H16FNO2/c1-12(22)21-19(14-6-4-7-15(20)11-14)18-16-8-3-2-5-13(16)9-10-17(18)23/h2-11,19,23H,1H3,(H,21,22). The summed E-state index contributed by atoms with van der Waals surface area (Å²) < 4.78 is 13.6. The summed E-state index contributed by atoms with van der Waals surface area (Å²) in [5.74, 6) is -0.587. The molecular weight excluding hydrogens is 293 g/mol. The molecule has 3 aromatic carbocycles. The molecule has 2 N–H and O–H groups in total. The van der Waals surface area contributed by atoms with E-state index in [0.717, 1.165) is 10.8 Å². The molecule has 23 heavy (non-hydrogen) atoms. The summed E-state index contributed by atoms with van der Waals surface area (Å²) in [6, 6.07) is 16.4.